The molecule has 0 atom stereocenters. The van der Waals surface area contributed by atoms with Gasteiger partial charge in [-0.3, -0.25) is 4.79 Å². The van der Waals surface area contributed by atoms with Crippen molar-refractivity contribution in [2.24, 2.45) is 7.05 Å². The first-order valence-electron chi connectivity index (χ1n) is 5.04. The first-order chi connectivity index (χ1) is 8.08. The highest BCUT2D eigenvalue weighted by Crippen LogP contribution is 2.26. The molecule has 0 aliphatic heterocycles. The minimum Gasteiger partial charge on any atom is -0.326 e. The van der Waals surface area contributed by atoms with Crippen molar-refractivity contribution in [3.8, 4) is 11.3 Å². The number of nitrogens with zero attached hydrogens (tertiary/aromatic N) is 3. The highest BCUT2D eigenvalue weighted by molar-refractivity contribution is 7.80. The number of rotatable bonds is 2. The fraction of sp³-hybridized carbons (Fsp3) is 0.182. The third kappa shape index (κ3) is 2.47. The first kappa shape index (κ1) is 11.7. The number of benzene rings is 1. The molecule has 5 nitrogen and oxygen atoms in total. The van der Waals surface area contributed by atoms with Gasteiger partial charge in [0.2, 0.25) is 5.91 Å². The smallest absolute Gasteiger partial charge is 0.221 e. The van der Waals surface area contributed by atoms with Crippen molar-refractivity contribution >= 4 is 24.2 Å². The molecule has 0 aliphatic carbocycles. The highest BCUT2D eigenvalue weighted by Gasteiger charge is 2.10. The lowest BCUT2D eigenvalue weighted by Gasteiger charge is -2.06. The van der Waals surface area contributed by atoms with Crippen LogP contribution in [0.25, 0.3) is 11.3 Å². The van der Waals surface area contributed by atoms with Gasteiger partial charge in [0, 0.05) is 25.2 Å². The maximum atomic E-state index is 11.0. The van der Waals surface area contributed by atoms with E-state index in [1.807, 2.05) is 24.3 Å². The number of hydrogen-bond donors (Lipinski definition) is 2. The van der Waals surface area contributed by atoms with Crippen LogP contribution in [0.3, 0.4) is 0 Å². The molecule has 0 bridgehead atoms. The van der Waals surface area contributed by atoms with Gasteiger partial charge in [0.1, 0.15) is 10.7 Å². The number of thiol groups is 1. The zero-order chi connectivity index (χ0) is 12.4. The predicted molar refractivity (Wildman–Crippen MR) is 68.0 cm³/mol. The third-order valence-electron chi connectivity index (χ3n) is 2.27. The van der Waals surface area contributed by atoms with Gasteiger partial charge < -0.3 is 5.32 Å². The van der Waals surface area contributed by atoms with Crippen LogP contribution in [0, 0.1) is 0 Å². The Morgan fingerprint density at radius 1 is 1.47 bits per heavy atom. The summed E-state index contributed by atoms with van der Waals surface area (Å²) in [5.74, 6) is -0.101. The Morgan fingerprint density at radius 2 is 2.24 bits per heavy atom. The molecule has 0 saturated heterocycles. The lowest BCUT2D eigenvalue weighted by atomic mass is 10.1. The number of nitrogens with one attached hydrogen (secondary N) is 1. The standard InChI is InChI=1S/C11H12N4OS/c1-7(16)12-9-5-3-4-8(6-9)10-11(17)13-14-15(10)2/h3-6,17H,1-2H3,(H,12,16). The Kier molecular flexibility index (Phi) is 3.14. The Morgan fingerprint density at radius 3 is 2.82 bits per heavy atom. The predicted octanol–water partition coefficient (Wildman–Crippen LogP) is 1.73. The Balaban J connectivity index is 2.43. The number of carbonyl (C=O) groups excluding carboxylic acids is 1. The average Bonchev–Trinajstić information content (AvgIpc) is 2.58. The number of anilines is 1. The number of amides is 1. The first-order valence-corrected chi connectivity index (χ1v) is 5.49. The lowest BCUT2D eigenvalue weighted by molar-refractivity contribution is -0.114. The minimum absolute atomic E-state index is 0.101. The molecule has 1 N–H and O–H groups in total. The summed E-state index contributed by atoms with van der Waals surface area (Å²) < 4.78 is 1.65. The van der Waals surface area contributed by atoms with E-state index in [0.29, 0.717) is 5.03 Å². The maximum absolute atomic E-state index is 11.0. The zero-order valence-corrected chi connectivity index (χ0v) is 10.4. The summed E-state index contributed by atoms with van der Waals surface area (Å²) in [5, 5.41) is 11.1. The van der Waals surface area contributed by atoms with Crippen LogP contribution < -0.4 is 5.32 Å². The van der Waals surface area contributed by atoms with E-state index in [-0.39, 0.29) is 5.91 Å². The fourth-order valence-electron chi connectivity index (χ4n) is 1.61. The van der Waals surface area contributed by atoms with E-state index in [9.17, 15) is 4.79 Å². The molecule has 1 amide bonds. The van der Waals surface area contributed by atoms with E-state index in [4.69, 9.17) is 0 Å². The fourth-order valence-corrected chi connectivity index (χ4v) is 1.92. The molecule has 88 valence electrons. The van der Waals surface area contributed by atoms with Crippen LogP contribution in [0.15, 0.2) is 29.3 Å². The van der Waals surface area contributed by atoms with Crippen molar-refractivity contribution in [2.45, 2.75) is 11.9 Å². The molecule has 6 heteroatoms. The molecule has 0 fully saturated rings. The van der Waals surface area contributed by atoms with Gasteiger partial charge in [0.05, 0.1) is 0 Å². The number of hydrogen-bond acceptors (Lipinski definition) is 4. The van der Waals surface area contributed by atoms with Gasteiger partial charge in [-0.25, -0.2) is 4.68 Å². The summed E-state index contributed by atoms with van der Waals surface area (Å²) in [6.07, 6.45) is 0. The van der Waals surface area contributed by atoms with E-state index in [1.165, 1.54) is 6.92 Å². The quantitative estimate of drug-likeness (QED) is 0.796. The summed E-state index contributed by atoms with van der Waals surface area (Å²) in [7, 11) is 1.80. The second-order valence-corrected chi connectivity index (χ2v) is 4.07. The summed E-state index contributed by atoms with van der Waals surface area (Å²) in [4.78, 5) is 11.0. The van der Waals surface area contributed by atoms with Gasteiger partial charge in [-0.05, 0) is 12.1 Å². The van der Waals surface area contributed by atoms with Crippen molar-refractivity contribution in [3.63, 3.8) is 0 Å². The topological polar surface area (TPSA) is 59.8 Å². The molecule has 0 unspecified atom stereocenters. The molecule has 0 aliphatic rings. The largest absolute Gasteiger partial charge is 0.326 e. The van der Waals surface area contributed by atoms with Gasteiger partial charge in [-0.1, -0.05) is 17.3 Å². The monoisotopic (exact) mass is 248 g/mol. The van der Waals surface area contributed by atoms with E-state index in [0.717, 1.165) is 16.9 Å². The third-order valence-corrected chi connectivity index (χ3v) is 2.57. The molecule has 1 aromatic heterocycles. The van der Waals surface area contributed by atoms with Crippen LogP contribution in [0.4, 0.5) is 5.69 Å². The normalized spacial score (nSPS) is 10.3. The highest BCUT2D eigenvalue weighted by atomic mass is 32.1. The van der Waals surface area contributed by atoms with Crippen LogP contribution in [-0.4, -0.2) is 20.9 Å². The molecule has 1 aromatic carbocycles. The van der Waals surface area contributed by atoms with Crippen molar-refractivity contribution in [1.29, 1.82) is 0 Å². The molecular weight excluding hydrogens is 236 g/mol. The minimum atomic E-state index is -0.101. The van der Waals surface area contributed by atoms with E-state index in [1.54, 1.807) is 11.7 Å². The van der Waals surface area contributed by atoms with Crippen LogP contribution in [0.2, 0.25) is 0 Å². The average molecular weight is 248 g/mol. The van der Waals surface area contributed by atoms with Crippen LogP contribution in [-0.2, 0) is 11.8 Å². The van der Waals surface area contributed by atoms with Crippen LogP contribution in [0.5, 0.6) is 0 Å². The molecule has 0 saturated carbocycles. The maximum Gasteiger partial charge on any atom is 0.221 e. The van der Waals surface area contributed by atoms with Gasteiger partial charge in [-0.2, -0.15) is 0 Å². The van der Waals surface area contributed by atoms with Crippen molar-refractivity contribution in [3.05, 3.63) is 24.3 Å². The second-order valence-electron chi connectivity index (χ2n) is 3.65. The Bertz CT molecular complexity index is 545. The molecular formula is C11H12N4OS. The number of carbonyl (C=O) groups is 1. The van der Waals surface area contributed by atoms with Crippen LogP contribution >= 0.6 is 12.6 Å². The summed E-state index contributed by atoms with van der Waals surface area (Å²) >= 11 is 4.25. The molecule has 1 heterocycles. The molecule has 17 heavy (non-hydrogen) atoms. The number of aryl methyl sites for hydroxylation is 1. The molecule has 2 rings (SSSR count). The van der Waals surface area contributed by atoms with Gasteiger partial charge in [0.15, 0.2) is 0 Å². The SMILES string of the molecule is CC(=O)Nc1cccc(-c2c(S)nnn2C)c1. The summed E-state index contributed by atoms with van der Waals surface area (Å²) in [5.41, 5.74) is 2.47. The lowest BCUT2D eigenvalue weighted by Crippen LogP contribution is -2.05. The van der Waals surface area contributed by atoms with Gasteiger partial charge in [0.25, 0.3) is 0 Å². The molecule has 0 spiro atoms. The van der Waals surface area contributed by atoms with Crippen molar-refractivity contribution in [1.82, 2.24) is 15.0 Å². The van der Waals surface area contributed by atoms with Crippen molar-refractivity contribution < 1.29 is 4.79 Å². The summed E-state index contributed by atoms with van der Waals surface area (Å²) in [6.45, 7) is 1.47. The number of aromatic nitrogens is 3. The van der Waals surface area contributed by atoms with Crippen LogP contribution in [0.1, 0.15) is 6.92 Å². The van der Waals surface area contributed by atoms with E-state index < -0.39 is 0 Å². The van der Waals surface area contributed by atoms with Gasteiger partial charge >= 0.3 is 0 Å². The molecule has 0 radical (unpaired) electrons. The second kappa shape index (κ2) is 4.58. The Hall–Kier alpha value is -1.82. The van der Waals surface area contributed by atoms with Gasteiger partial charge in [-0.15, -0.1) is 17.7 Å². The van der Waals surface area contributed by atoms with Crippen molar-refractivity contribution in [2.75, 3.05) is 5.32 Å². The molecule has 2 aromatic rings. The zero-order valence-electron chi connectivity index (χ0n) is 9.51. The Labute approximate surface area is 104 Å². The van der Waals surface area contributed by atoms with E-state index >= 15 is 0 Å². The van der Waals surface area contributed by atoms with E-state index in [2.05, 4.69) is 28.3 Å². The summed E-state index contributed by atoms with van der Waals surface area (Å²) in [6, 6.07) is 7.47.